The second kappa shape index (κ2) is 8.75. The van der Waals surface area contributed by atoms with Crippen molar-refractivity contribution in [2.45, 2.75) is 6.04 Å². The molecule has 1 amide bonds. The van der Waals surface area contributed by atoms with Crippen molar-refractivity contribution in [2.75, 3.05) is 13.2 Å². The molecule has 0 aliphatic carbocycles. The van der Waals surface area contributed by atoms with Gasteiger partial charge in [-0.3, -0.25) is 4.79 Å². The van der Waals surface area contributed by atoms with Crippen LogP contribution in [-0.2, 0) is 14.3 Å². The Morgan fingerprint density at radius 1 is 1.03 bits per heavy atom. The summed E-state index contributed by atoms with van der Waals surface area (Å²) in [6.45, 7) is -0.230. The summed E-state index contributed by atoms with van der Waals surface area (Å²) in [5.74, 6) is -0.191. The molecule has 6 heteroatoms. The lowest BCUT2D eigenvalue weighted by Crippen LogP contribution is -2.33. The third-order valence-electron chi connectivity index (χ3n) is 4.49. The number of benzene rings is 2. The Hall–Kier alpha value is -3.38. The van der Waals surface area contributed by atoms with E-state index in [0.717, 1.165) is 21.8 Å². The minimum absolute atomic E-state index is 0.124. The van der Waals surface area contributed by atoms with Gasteiger partial charge in [-0.25, -0.2) is 4.79 Å². The summed E-state index contributed by atoms with van der Waals surface area (Å²) >= 11 is 1.56. The zero-order chi connectivity index (χ0) is 20.1. The van der Waals surface area contributed by atoms with Gasteiger partial charge in [0.25, 0.3) is 5.91 Å². The molecule has 0 saturated carbocycles. The molecule has 4 rings (SSSR count). The molecule has 1 aliphatic rings. The zero-order valence-electron chi connectivity index (χ0n) is 15.5. The highest BCUT2D eigenvalue weighted by Gasteiger charge is 2.21. The van der Waals surface area contributed by atoms with Crippen LogP contribution < -0.4 is 10.1 Å². The van der Waals surface area contributed by atoms with Gasteiger partial charge in [-0.2, -0.15) is 0 Å². The molecule has 3 aromatic rings. The molecule has 0 saturated heterocycles. The molecule has 1 aliphatic heterocycles. The van der Waals surface area contributed by atoms with Gasteiger partial charge in [0.2, 0.25) is 0 Å². The molecule has 146 valence electrons. The first-order chi connectivity index (χ1) is 14.2. The highest BCUT2D eigenvalue weighted by Crippen LogP contribution is 2.27. The number of para-hydroxylation sites is 1. The third-order valence-corrected chi connectivity index (χ3v) is 5.43. The lowest BCUT2D eigenvalue weighted by molar-refractivity contribution is -0.145. The molecule has 29 heavy (non-hydrogen) atoms. The predicted octanol–water partition coefficient (Wildman–Crippen LogP) is 3.97. The van der Waals surface area contributed by atoms with Crippen molar-refractivity contribution in [3.05, 3.63) is 93.7 Å². The summed E-state index contributed by atoms with van der Waals surface area (Å²) < 4.78 is 10.8. The van der Waals surface area contributed by atoms with Gasteiger partial charge in [0.1, 0.15) is 12.4 Å². The molecule has 0 radical (unpaired) electrons. The Morgan fingerprint density at radius 3 is 2.62 bits per heavy atom. The fraction of sp³-hybridized carbons (Fsp3) is 0.130. The molecule has 1 unspecified atom stereocenters. The molecule has 2 heterocycles. The van der Waals surface area contributed by atoms with E-state index in [9.17, 15) is 9.59 Å². The number of esters is 1. The Bertz CT molecular complexity index is 1030. The Morgan fingerprint density at radius 2 is 1.83 bits per heavy atom. The van der Waals surface area contributed by atoms with Gasteiger partial charge in [0.05, 0.1) is 11.6 Å². The Labute approximate surface area is 172 Å². The summed E-state index contributed by atoms with van der Waals surface area (Å²) in [4.78, 5) is 25.8. The summed E-state index contributed by atoms with van der Waals surface area (Å²) in [6, 6.07) is 20.8. The first kappa shape index (κ1) is 19.0. The van der Waals surface area contributed by atoms with E-state index in [1.54, 1.807) is 17.4 Å². The van der Waals surface area contributed by atoms with Crippen molar-refractivity contribution in [3.63, 3.8) is 0 Å². The minimum atomic E-state index is -0.554. The van der Waals surface area contributed by atoms with Crippen molar-refractivity contribution < 1.29 is 19.1 Å². The van der Waals surface area contributed by atoms with Crippen LogP contribution in [0.15, 0.2) is 77.7 Å². The number of nitrogens with one attached hydrogen (secondary N) is 1. The number of hydrogen-bond donors (Lipinski definition) is 1. The maximum atomic E-state index is 12.5. The molecule has 2 aromatic carbocycles. The summed E-state index contributed by atoms with van der Waals surface area (Å²) in [7, 11) is 0. The highest BCUT2D eigenvalue weighted by molar-refractivity contribution is 7.10. The summed E-state index contributed by atoms with van der Waals surface area (Å²) in [6.07, 6.45) is 1.73. The molecular weight excluding hydrogens is 386 g/mol. The number of thiophene rings is 1. The van der Waals surface area contributed by atoms with Gasteiger partial charge in [0, 0.05) is 10.4 Å². The van der Waals surface area contributed by atoms with E-state index >= 15 is 0 Å². The minimum Gasteiger partial charge on any atom is -0.488 e. The number of amides is 1. The molecular formula is C23H19NO4S. The molecule has 0 spiro atoms. The van der Waals surface area contributed by atoms with E-state index in [0.29, 0.717) is 5.57 Å². The average molecular weight is 405 g/mol. The summed E-state index contributed by atoms with van der Waals surface area (Å²) in [5, 5.41) is 4.92. The predicted molar refractivity (Wildman–Crippen MR) is 112 cm³/mol. The van der Waals surface area contributed by atoms with E-state index in [1.807, 2.05) is 72.1 Å². The van der Waals surface area contributed by atoms with Crippen molar-refractivity contribution in [1.29, 1.82) is 0 Å². The molecule has 1 N–H and O–H groups in total. The standard InChI is InChI=1S/C23H19NO4S/c25-21(24-22(20-11-6-12-29-20)16-7-2-1-3-8-16)15-28-23(26)18-13-17-9-4-5-10-19(17)27-14-18/h1-13,22H,14-15H2,(H,24,25). The van der Waals surface area contributed by atoms with Crippen LogP contribution in [0.5, 0.6) is 5.75 Å². The molecule has 5 nitrogen and oxygen atoms in total. The SMILES string of the molecule is O=C(COC(=O)C1=Cc2ccccc2OC1)NC(c1ccccc1)c1cccs1. The van der Waals surface area contributed by atoms with Gasteiger partial charge in [0.15, 0.2) is 6.61 Å². The third kappa shape index (κ3) is 4.55. The first-order valence-corrected chi connectivity index (χ1v) is 10.1. The van der Waals surface area contributed by atoms with Gasteiger partial charge in [-0.05, 0) is 29.2 Å². The highest BCUT2D eigenvalue weighted by atomic mass is 32.1. The topological polar surface area (TPSA) is 64.6 Å². The Kier molecular flexibility index (Phi) is 5.72. The van der Waals surface area contributed by atoms with E-state index < -0.39 is 5.97 Å². The van der Waals surface area contributed by atoms with E-state index in [-0.39, 0.29) is 25.2 Å². The van der Waals surface area contributed by atoms with Gasteiger partial charge in [-0.15, -0.1) is 11.3 Å². The maximum Gasteiger partial charge on any atom is 0.338 e. The monoisotopic (exact) mass is 405 g/mol. The summed E-state index contributed by atoms with van der Waals surface area (Å²) in [5.41, 5.74) is 2.17. The van der Waals surface area contributed by atoms with Crippen LogP contribution in [0.4, 0.5) is 0 Å². The zero-order valence-corrected chi connectivity index (χ0v) is 16.4. The second-order valence-electron chi connectivity index (χ2n) is 6.50. The van der Waals surface area contributed by atoms with Gasteiger partial charge in [-0.1, -0.05) is 54.6 Å². The van der Waals surface area contributed by atoms with E-state index in [4.69, 9.17) is 9.47 Å². The second-order valence-corrected chi connectivity index (χ2v) is 7.48. The van der Waals surface area contributed by atoms with Crippen LogP contribution in [0.3, 0.4) is 0 Å². The lowest BCUT2D eigenvalue weighted by Gasteiger charge is -2.19. The molecule has 1 atom stereocenters. The van der Waals surface area contributed by atoms with Crippen LogP contribution in [0.1, 0.15) is 22.0 Å². The van der Waals surface area contributed by atoms with Crippen LogP contribution in [0.25, 0.3) is 6.08 Å². The quantitative estimate of drug-likeness (QED) is 0.630. The number of carbonyl (C=O) groups excluding carboxylic acids is 2. The van der Waals surface area contributed by atoms with Crippen molar-refractivity contribution in [3.8, 4) is 5.75 Å². The van der Waals surface area contributed by atoms with Crippen molar-refractivity contribution in [2.24, 2.45) is 0 Å². The lowest BCUT2D eigenvalue weighted by atomic mass is 10.1. The number of carbonyl (C=O) groups is 2. The fourth-order valence-corrected chi connectivity index (χ4v) is 3.88. The molecule has 1 aromatic heterocycles. The number of ether oxygens (including phenoxy) is 2. The maximum absolute atomic E-state index is 12.5. The number of hydrogen-bond acceptors (Lipinski definition) is 5. The van der Waals surface area contributed by atoms with Crippen molar-refractivity contribution in [1.82, 2.24) is 5.32 Å². The van der Waals surface area contributed by atoms with Gasteiger partial charge >= 0.3 is 5.97 Å². The molecule has 0 fully saturated rings. The normalized spacial score (nSPS) is 13.4. The molecule has 0 bridgehead atoms. The van der Waals surface area contributed by atoms with E-state index in [2.05, 4.69) is 5.32 Å². The van der Waals surface area contributed by atoms with Crippen molar-refractivity contribution >= 4 is 29.3 Å². The van der Waals surface area contributed by atoms with Gasteiger partial charge < -0.3 is 14.8 Å². The first-order valence-electron chi connectivity index (χ1n) is 9.18. The van der Waals surface area contributed by atoms with Crippen LogP contribution in [0, 0.1) is 0 Å². The largest absolute Gasteiger partial charge is 0.488 e. The fourth-order valence-electron chi connectivity index (χ4n) is 3.08. The number of fused-ring (bicyclic) bond motifs is 1. The van der Waals surface area contributed by atoms with Crippen LogP contribution >= 0.6 is 11.3 Å². The van der Waals surface area contributed by atoms with Crippen LogP contribution in [-0.4, -0.2) is 25.1 Å². The Balaban J connectivity index is 1.39. The smallest absolute Gasteiger partial charge is 0.338 e. The number of rotatable bonds is 6. The average Bonchev–Trinajstić information content (AvgIpc) is 3.30. The van der Waals surface area contributed by atoms with Crippen LogP contribution in [0.2, 0.25) is 0 Å². The van der Waals surface area contributed by atoms with E-state index in [1.165, 1.54) is 0 Å².